The predicted octanol–water partition coefficient (Wildman–Crippen LogP) is 3.59. The van der Waals surface area contributed by atoms with Crippen molar-refractivity contribution in [3.8, 4) is 17.3 Å². The summed E-state index contributed by atoms with van der Waals surface area (Å²) in [5, 5.41) is 4.74. The molecule has 3 aromatic rings. The molecular weight excluding hydrogens is 461 g/mol. The number of piperazine rings is 1. The molecule has 9 nitrogen and oxygen atoms in total. The lowest BCUT2D eigenvalue weighted by Gasteiger charge is -2.35. The number of carbonyl (C=O) groups excluding carboxylic acids is 1. The van der Waals surface area contributed by atoms with Gasteiger partial charge in [0.25, 0.3) is 0 Å². The fourth-order valence-corrected chi connectivity index (χ4v) is 5.07. The topological polar surface area (TPSA) is 89.3 Å². The first-order valence-electron chi connectivity index (χ1n) is 12.6. The van der Waals surface area contributed by atoms with Crippen LogP contribution in [0.3, 0.4) is 0 Å². The Morgan fingerprint density at radius 2 is 1.86 bits per heavy atom. The van der Waals surface area contributed by atoms with Crippen LogP contribution in [0, 0.1) is 12.7 Å². The molecule has 190 valence electrons. The van der Waals surface area contributed by atoms with Crippen molar-refractivity contribution in [2.45, 2.75) is 51.5 Å². The number of methoxy groups -OCH3 is 1. The smallest absolute Gasteiger partial charge is 0.244 e. The third-order valence-corrected chi connectivity index (χ3v) is 7.16. The van der Waals surface area contributed by atoms with E-state index in [1.165, 1.54) is 18.8 Å². The van der Waals surface area contributed by atoms with Crippen molar-refractivity contribution < 1.29 is 13.9 Å². The summed E-state index contributed by atoms with van der Waals surface area (Å²) < 4.78 is 20.8. The molecule has 1 saturated carbocycles. The standard InChI is InChI=1S/C26H32FN7O2/c1-18-14-20(8-9-21(18)27)25-30-26(19-6-4-3-5-7-19)34(31-25)16-24(35)33-12-10-32(11-13-33)22-15-23(36-2)29-17-28-22/h8-9,14-15,17,19H,3-7,10-13,16H2,1-2H3. The summed E-state index contributed by atoms with van der Waals surface area (Å²) >= 11 is 0. The van der Waals surface area contributed by atoms with Gasteiger partial charge in [0.15, 0.2) is 5.82 Å². The minimum absolute atomic E-state index is 0.0266. The van der Waals surface area contributed by atoms with Gasteiger partial charge >= 0.3 is 0 Å². The van der Waals surface area contributed by atoms with E-state index in [-0.39, 0.29) is 18.3 Å². The number of nitrogens with zero attached hydrogens (tertiary/aromatic N) is 7. The third-order valence-electron chi connectivity index (χ3n) is 7.16. The second-order valence-electron chi connectivity index (χ2n) is 9.54. The molecule has 0 unspecified atom stereocenters. The Morgan fingerprint density at radius 3 is 2.58 bits per heavy atom. The fourth-order valence-electron chi connectivity index (χ4n) is 5.07. The maximum Gasteiger partial charge on any atom is 0.244 e. The van der Waals surface area contributed by atoms with E-state index in [1.807, 2.05) is 11.0 Å². The summed E-state index contributed by atoms with van der Waals surface area (Å²) in [6, 6.07) is 6.73. The minimum Gasteiger partial charge on any atom is -0.481 e. The zero-order valence-electron chi connectivity index (χ0n) is 20.9. The van der Waals surface area contributed by atoms with Gasteiger partial charge in [-0.1, -0.05) is 19.3 Å². The van der Waals surface area contributed by atoms with Crippen molar-refractivity contribution >= 4 is 11.7 Å². The van der Waals surface area contributed by atoms with Gasteiger partial charge in [-0.3, -0.25) is 4.79 Å². The van der Waals surface area contributed by atoms with Crippen LogP contribution in [0.2, 0.25) is 0 Å². The Labute approximate surface area is 210 Å². The highest BCUT2D eigenvalue weighted by atomic mass is 19.1. The van der Waals surface area contributed by atoms with E-state index in [9.17, 15) is 9.18 Å². The SMILES string of the molecule is COc1cc(N2CCN(C(=O)Cn3nc(-c4ccc(F)c(C)c4)nc3C3CCCCC3)CC2)ncn1. The lowest BCUT2D eigenvalue weighted by molar-refractivity contribution is -0.132. The number of ether oxygens (including phenoxy) is 1. The average Bonchev–Trinajstić information content (AvgIpc) is 3.34. The van der Waals surface area contributed by atoms with E-state index in [1.54, 1.807) is 30.8 Å². The van der Waals surface area contributed by atoms with Crippen LogP contribution in [-0.4, -0.2) is 68.8 Å². The first kappa shape index (κ1) is 24.1. The van der Waals surface area contributed by atoms with Crippen molar-refractivity contribution in [2.24, 2.45) is 0 Å². The van der Waals surface area contributed by atoms with Gasteiger partial charge in [0, 0.05) is 43.7 Å². The first-order valence-corrected chi connectivity index (χ1v) is 12.6. The van der Waals surface area contributed by atoms with E-state index >= 15 is 0 Å². The molecule has 1 saturated heterocycles. The molecule has 0 atom stereocenters. The van der Waals surface area contributed by atoms with Crippen molar-refractivity contribution in [3.63, 3.8) is 0 Å². The van der Waals surface area contributed by atoms with Gasteiger partial charge in [0.05, 0.1) is 7.11 Å². The molecule has 1 aliphatic heterocycles. The number of hydrogen-bond donors (Lipinski definition) is 0. The molecule has 0 spiro atoms. The third kappa shape index (κ3) is 5.17. The molecule has 1 amide bonds. The van der Waals surface area contributed by atoms with Crippen LogP contribution in [0.15, 0.2) is 30.6 Å². The number of carbonyl (C=O) groups is 1. The van der Waals surface area contributed by atoms with Crippen LogP contribution < -0.4 is 9.64 Å². The molecule has 0 bridgehead atoms. The Balaban J connectivity index is 1.31. The summed E-state index contributed by atoms with van der Waals surface area (Å²) in [6.07, 6.45) is 7.14. The van der Waals surface area contributed by atoms with Crippen LogP contribution in [0.25, 0.3) is 11.4 Å². The number of anilines is 1. The largest absolute Gasteiger partial charge is 0.481 e. The van der Waals surface area contributed by atoms with Gasteiger partial charge in [-0.15, -0.1) is 0 Å². The molecular formula is C26H32FN7O2. The highest BCUT2D eigenvalue weighted by molar-refractivity contribution is 5.76. The van der Waals surface area contributed by atoms with Crippen LogP contribution in [0.4, 0.5) is 10.2 Å². The number of aromatic nitrogens is 5. The van der Waals surface area contributed by atoms with Crippen molar-refractivity contribution in [1.29, 1.82) is 0 Å². The van der Waals surface area contributed by atoms with Crippen molar-refractivity contribution in [2.75, 3.05) is 38.2 Å². The molecule has 36 heavy (non-hydrogen) atoms. The highest BCUT2D eigenvalue weighted by Gasteiger charge is 2.27. The number of amides is 1. The van der Waals surface area contributed by atoms with Gasteiger partial charge in [0.2, 0.25) is 11.8 Å². The number of rotatable bonds is 6. The maximum absolute atomic E-state index is 13.8. The van der Waals surface area contributed by atoms with E-state index in [0.717, 1.165) is 42.9 Å². The minimum atomic E-state index is -0.250. The van der Waals surface area contributed by atoms with Crippen LogP contribution in [-0.2, 0) is 11.3 Å². The van der Waals surface area contributed by atoms with Gasteiger partial charge in [-0.05, 0) is 43.5 Å². The lowest BCUT2D eigenvalue weighted by Crippen LogP contribution is -2.50. The van der Waals surface area contributed by atoms with Crippen molar-refractivity contribution in [3.05, 3.63) is 47.8 Å². The zero-order chi connectivity index (χ0) is 25.1. The Morgan fingerprint density at radius 1 is 1.08 bits per heavy atom. The molecule has 1 aliphatic carbocycles. The molecule has 3 heterocycles. The zero-order valence-corrected chi connectivity index (χ0v) is 20.9. The summed E-state index contributed by atoms with van der Waals surface area (Å²) in [6.45, 7) is 4.45. The van der Waals surface area contributed by atoms with E-state index in [4.69, 9.17) is 14.8 Å². The molecule has 10 heteroatoms. The van der Waals surface area contributed by atoms with Crippen LogP contribution >= 0.6 is 0 Å². The number of hydrogen-bond acceptors (Lipinski definition) is 7. The molecule has 2 aromatic heterocycles. The molecule has 5 rings (SSSR count). The van der Waals surface area contributed by atoms with Crippen molar-refractivity contribution in [1.82, 2.24) is 29.6 Å². The average molecular weight is 494 g/mol. The monoisotopic (exact) mass is 493 g/mol. The Bertz CT molecular complexity index is 1220. The Kier molecular flexibility index (Phi) is 7.11. The predicted molar refractivity (Wildman–Crippen MR) is 133 cm³/mol. The maximum atomic E-state index is 13.8. The highest BCUT2D eigenvalue weighted by Crippen LogP contribution is 2.33. The van der Waals surface area contributed by atoms with Gasteiger partial charge < -0.3 is 14.5 Å². The molecule has 2 aliphatic rings. The summed E-state index contributed by atoms with van der Waals surface area (Å²) in [4.78, 5) is 30.6. The summed E-state index contributed by atoms with van der Waals surface area (Å²) in [7, 11) is 1.58. The molecule has 1 aromatic carbocycles. The second-order valence-corrected chi connectivity index (χ2v) is 9.54. The number of aryl methyl sites for hydroxylation is 1. The van der Waals surface area contributed by atoms with Gasteiger partial charge in [0.1, 0.15) is 30.3 Å². The second kappa shape index (κ2) is 10.6. The van der Waals surface area contributed by atoms with Crippen LogP contribution in [0.1, 0.15) is 49.4 Å². The van der Waals surface area contributed by atoms with Crippen LogP contribution in [0.5, 0.6) is 5.88 Å². The normalized spacial score (nSPS) is 16.9. The van der Waals surface area contributed by atoms with Gasteiger partial charge in [-0.2, -0.15) is 5.10 Å². The summed E-state index contributed by atoms with van der Waals surface area (Å²) in [5.41, 5.74) is 1.32. The first-order chi connectivity index (χ1) is 17.5. The van der Waals surface area contributed by atoms with Gasteiger partial charge in [-0.25, -0.2) is 24.0 Å². The van der Waals surface area contributed by atoms with E-state index < -0.39 is 0 Å². The van der Waals surface area contributed by atoms with E-state index in [2.05, 4.69) is 14.9 Å². The molecule has 2 fully saturated rings. The van der Waals surface area contributed by atoms with E-state index in [0.29, 0.717) is 49.4 Å². The quantitative estimate of drug-likeness (QED) is 0.518. The molecule has 0 N–H and O–H groups in total. The number of benzene rings is 1. The summed E-state index contributed by atoms with van der Waals surface area (Å²) in [5.74, 6) is 2.80. The lowest BCUT2D eigenvalue weighted by atomic mass is 9.88. The molecule has 0 radical (unpaired) electrons. The fraction of sp³-hybridized carbons (Fsp3) is 0.500. The number of halogens is 1. The Hall–Kier alpha value is -3.56.